The lowest BCUT2D eigenvalue weighted by molar-refractivity contribution is -0.384. The Morgan fingerprint density at radius 1 is 1.08 bits per heavy atom. The molecule has 0 bridgehead atoms. The largest absolute Gasteiger partial charge is 0.333 e. The van der Waals surface area contributed by atoms with E-state index in [0.29, 0.717) is 6.54 Å². The van der Waals surface area contributed by atoms with Gasteiger partial charge in [-0.05, 0) is 17.7 Å². The van der Waals surface area contributed by atoms with Crippen LogP contribution in [0.15, 0.2) is 54.6 Å². The summed E-state index contributed by atoms with van der Waals surface area (Å²) in [6.07, 6.45) is -0.958. The van der Waals surface area contributed by atoms with E-state index in [4.69, 9.17) is 34.8 Å². The molecule has 0 aliphatic heterocycles. The quantitative estimate of drug-likeness (QED) is 0.333. The molecule has 0 saturated carbocycles. The predicted molar refractivity (Wildman–Crippen MR) is 97.9 cm³/mol. The van der Waals surface area contributed by atoms with Gasteiger partial charge in [0.1, 0.15) is 6.17 Å². The molecule has 25 heavy (non-hydrogen) atoms. The van der Waals surface area contributed by atoms with E-state index in [1.54, 1.807) is 0 Å². The Kier molecular flexibility index (Phi) is 6.61. The Morgan fingerprint density at radius 2 is 1.68 bits per heavy atom. The van der Waals surface area contributed by atoms with Crippen LogP contribution in [0.25, 0.3) is 0 Å². The van der Waals surface area contributed by atoms with Crippen LogP contribution in [0.2, 0.25) is 0 Å². The van der Waals surface area contributed by atoms with E-state index >= 15 is 0 Å². The number of nitro groups is 1. The number of non-ortho nitro benzene ring substituents is 1. The molecule has 1 amide bonds. The Morgan fingerprint density at radius 3 is 2.20 bits per heavy atom. The summed E-state index contributed by atoms with van der Waals surface area (Å²) in [4.78, 5) is 22.4. The number of carbonyl (C=O) groups excluding carboxylic acids is 1. The summed E-state index contributed by atoms with van der Waals surface area (Å²) in [6.45, 7) is 0.375. The van der Waals surface area contributed by atoms with E-state index in [1.165, 1.54) is 24.3 Å². The van der Waals surface area contributed by atoms with Crippen LogP contribution in [-0.2, 0) is 6.54 Å². The van der Waals surface area contributed by atoms with Crippen LogP contribution in [-0.4, -0.2) is 20.8 Å². The van der Waals surface area contributed by atoms with Crippen molar-refractivity contribution in [1.82, 2.24) is 10.6 Å². The predicted octanol–water partition coefficient (Wildman–Crippen LogP) is 3.81. The number of hydrogen-bond acceptors (Lipinski definition) is 4. The van der Waals surface area contributed by atoms with Gasteiger partial charge in [-0.1, -0.05) is 65.1 Å². The van der Waals surface area contributed by atoms with Gasteiger partial charge in [-0.2, -0.15) is 0 Å². The molecule has 0 saturated heterocycles. The molecule has 0 aliphatic rings. The highest BCUT2D eigenvalue weighted by Crippen LogP contribution is 2.29. The van der Waals surface area contributed by atoms with Gasteiger partial charge in [-0.3, -0.25) is 20.2 Å². The SMILES string of the molecule is O=C(NC(NCc1ccccc1)C(Cl)(Cl)Cl)c1ccc([N+](=O)[O-])cc1. The summed E-state index contributed by atoms with van der Waals surface area (Å²) >= 11 is 17.8. The Bertz CT molecular complexity index is 734. The number of halogens is 3. The molecule has 0 fully saturated rings. The van der Waals surface area contributed by atoms with Crippen LogP contribution in [0, 0.1) is 10.1 Å². The first kappa shape index (κ1) is 19.5. The lowest BCUT2D eigenvalue weighted by Gasteiger charge is -2.26. The molecule has 2 aromatic carbocycles. The first-order chi connectivity index (χ1) is 11.8. The van der Waals surface area contributed by atoms with Gasteiger partial charge in [0.05, 0.1) is 4.92 Å². The van der Waals surface area contributed by atoms with Gasteiger partial charge in [0, 0.05) is 24.2 Å². The molecular weight excluding hydrogens is 389 g/mol. The summed E-state index contributed by atoms with van der Waals surface area (Å²) in [5.74, 6) is -0.521. The second-order valence-electron chi connectivity index (χ2n) is 5.12. The Labute approximate surface area is 159 Å². The van der Waals surface area contributed by atoms with Crippen molar-refractivity contribution in [1.29, 1.82) is 0 Å². The molecule has 1 unspecified atom stereocenters. The van der Waals surface area contributed by atoms with Crippen molar-refractivity contribution in [2.45, 2.75) is 16.5 Å². The number of benzene rings is 2. The van der Waals surface area contributed by atoms with E-state index in [-0.39, 0.29) is 11.3 Å². The van der Waals surface area contributed by atoms with Gasteiger partial charge < -0.3 is 5.32 Å². The van der Waals surface area contributed by atoms with Crippen molar-refractivity contribution < 1.29 is 9.72 Å². The van der Waals surface area contributed by atoms with Crippen molar-refractivity contribution in [2.24, 2.45) is 0 Å². The highest BCUT2D eigenvalue weighted by Gasteiger charge is 2.33. The first-order valence-corrected chi connectivity index (χ1v) is 8.30. The van der Waals surface area contributed by atoms with Crippen molar-refractivity contribution in [3.05, 3.63) is 75.8 Å². The summed E-state index contributed by atoms with van der Waals surface area (Å²) in [7, 11) is 0. The number of alkyl halides is 3. The van der Waals surface area contributed by atoms with Gasteiger partial charge in [0.15, 0.2) is 0 Å². The van der Waals surface area contributed by atoms with Gasteiger partial charge in [0.25, 0.3) is 11.6 Å². The summed E-state index contributed by atoms with van der Waals surface area (Å²) in [6, 6.07) is 14.5. The molecular formula is C16H14Cl3N3O3. The Hall–Kier alpha value is -1.86. The highest BCUT2D eigenvalue weighted by atomic mass is 35.6. The minimum Gasteiger partial charge on any atom is -0.333 e. The monoisotopic (exact) mass is 401 g/mol. The molecule has 0 heterocycles. The van der Waals surface area contributed by atoms with E-state index in [9.17, 15) is 14.9 Å². The van der Waals surface area contributed by atoms with Crippen molar-refractivity contribution in [3.8, 4) is 0 Å². The average molecular weight is 403 g/mol. The fraction of sp³-hybridized carbons (Fsp3) is 0.188. The smallest absolute Gasteiger partial charge is 0.269 e. The number of carbonyl (C=O) groups is 1. The zero-order chi connectivity index (χ0) is 18.4. The molecule has 2 aromatic rings. The Balaban J connectivity index is 2.05. The maximum atomic E-state index is 12.3. The molecule has 2 rings (SSSR count). The van der Waals surface area contributed by atoms with E-state index in [0.717, 1.165) is 5.56 Å². The molecule has 0 spiro atoms. The van der Waals surface area contributed by atoms with Crippen molar-refractivity contribution in [2.75, 3.05) is 0 Å². The molecule has 2 N–H and O–H groups in total. The standard InChI is InChI=1S/C16H14Cl3N3O3/c17-16(18,19)15(20-10-11-4-2-1-3-5-11)21-14(23)12-6-8-13(9-7-12)22(24)25/h1-9,15,20H,10H2,(H,21,23). The fourth-order valence-electron chi connectivity index (χ4n) is 2.01. The average Bonchev–Trinajstić information content (AvgIpc) is 2.58. The van der Waals surface area contributed by atoms with E-state index < -0.39 is 20.8 Å². The van der Waals surface area contributed by atoms with Gasteiger partial charge >= 0.3 is 0 Å². The molecule has 132 valence electrons. The van der Waals surface area contributed by atoms with Crippen LogP contribution in [0.5, 0.6) is 0 Å². The second-order valence-corrected chi connectivity index (χ2v) is 7.49. The third-order valence-corrected chi connectivity index (χ3v) is 3.95. The number of nitrogens with one attached hydrogen (secondary N) is 2. The molecule has 1 atom stereocenters. The van der Waals surface area contributed by atoms with Gasteiger partial charge in [-0.25, -0.2) is 0 Å². The number of hydrogen-bond donors (Lipinski definition) is 2. The maximum Gasteiger partial charge on any atom is 0.269 e. The van der Waals surface area contributed by atoms with Crippen molar-refractivity contribution >= 4 is 46.4 Å². The molecule has 0 aromatic heterocycles. The first-order valence-electron chi connectivity index (χ1n) is 7.17. The summed E-state index contributed by atoms with van der Waals surface area (Å²) < 4.78 is -1.79. The normalized spacial score (nSPS) is 12.4. The third-order valence-electron chi connectivity index (χ3n) is 3.30. The lowest BCUT2D eigenvalue weighted by Crippen LogP contribution is -2.53. The van der Waals surface area contributed by atoms with E-state index in [2.05, 4.69) is 10.6 Å². The fourth-order valence-corrected chi connectivity index (χ4v) is 2.41. The third kappa shape index (κ3) is 5.86. The lowest BCUT2D eigenvalue weighted by atomic mass is 10.2. The number of amides is 1. The number of nitro benzene ring substituents is 1. The number of rotatable bonds is 6. The molecule has 0 radical (unpaired) electrons. The minimum absolute atomic E-state index is 0.114. The van der Waals surface area contributed by atoms with Crippen LogP contribution in [0.3, 0.4) is 0 Å². The number of nitrogens with zero attached hydrogens (tertiary/aromatic N) is 1. The zero-order valence-electron chi connectivity index (χ0n) is 12.8. The van der Waals surface area contributed by atoms with Crippen LogP contribution in [0.1, 0.15) is 15.9 Å². The van der Waals surface area contributed by atoms with E-state index in [1.807, 2.05) is 30.3 Å². The maximum absolute atomic E-state index is 12.3. The minimum atomic E-state index is -1.79. The van der Waals surface area contributed by atoms with Crippen molar-refractivity contribution in [3.63, 3.8) is 0 Å². The topological polar surface area (TPSA) is 84.3 Å². The van der Waals surface area contributed by atoms with Gasteiger partial charge in [-0.15, -0.1) is 0 Å². The van der Waals surface area contributed by atoms with Crippen LogP contribution in [0.4, 0.5) is 5.69 Å². The molecule has 6 nitrogen and oxygen atoms in total. The van der Waals surface area contributed by atoms with Crippen LogP contribution < -0.4 is 10.6 Å². The second kappa shape index (κ2) is 8.49. The van der Waals surface area contributed by atoms with Gasteiger partial charge in [0.2, 0.25) is 3.79 Å². The highest BCUT2D eigenvalue weighted by molar-refractivity contribution is 6.68. The summed E-state index contributed by atoms with van der Waals surface area (Å²) in [5.41, 5.74) is 1.05. The summed E-state index contributed by atoms with van der Waals surface area (Å²) in [5, 5.41) is 16.2. The molecule has 0 aliphatic carbocycles. The van der Waals surface area contributed by atoms with Crippen LogP contribution >= 0.6 is 34.8 Å². The zero-order valence-corrected chi connectivity index (χ0v) is 15.1. The molecule has 9 heteroatoms.